The number of amides is 1. The summed E-state index contributed by atoms with van der Waals surface area (Å²) in [6.45, 7) is 9.28. The zero-order valence-corrected chi connectivity index (χ0v) is 17.8. The predicted octanol–water partition coefficient (Wildman–Crippen LogP) is 4.21. The molecular formula is C25H33N3O. The second-order valence-electron chi connectivity index (χ2n) is 7.95. The number of pyridine rings is 1. The highest BCUT2D eigenvalue weighted by molar-refractivity contribution is 5.91. The molecule has 0 unspecified atom stereocenters. The van der Waals surface area contributed by atoms with Crippen LogP contribution in [0.3, 0.4) is 0 Å². The Hall–Kier alpha value is -2.46. The summed E-state index contributed by atoms with van der Waals surface area (Å²) in [5.41, 5.74) is 3.85. The largest absolute Gasteiger partial charge is 0.339 e. The molecule has 1 aromatic heterocycles. The molecule has 4 heteroatoms. The Bertz CT molecular complexity index is 795. The number of nitrogens with zero attached hydrogens (tertiary/aromatic N) is 3. The molecule has 1 aliphatic rings. The Morgan fingerprint density at radius 1 is 1.17 bits per heavy atom. The average molecular weight is 392 g/mol. The van der Waals surface area contributed by atoms with Crippen molar-refractivity contribution in [2.45, 2.75) is 33.1 Å². The van der Waals surface area contributed by atoms with Crippen molar-refractivity contribution in [3.8, 4) is 0 Å². The molecule has 3 rings (SSSR count). The van der Waals surface area contributed by atoms with E-state index in [1.54, 1.807) is 18.5 Å². The third-order valence-electron chi connectivity index (χ3n) is 5.96. The molecule has 154 valence electrons. The lowest BCUT2D eigenvalue weighted by atomic mass is 9.95. The fraction of sp³-hybridized carbons (Fsp3) is 0.440. The summed E-state index contributed by atoms with van der Waals surface area (Å²) in [6.07, 6.45) is 10.5. The minimum atomic E-state index is 0.103. The maximum absolute atomic E-state index is 12.6. The molecule has 29 heavy (non-hydrogen) atoms. The molecule has 1 aromatic carbocycles. The molecule has 2 aromatic rings. The summed E-state index contributed by atoms with van der Waals surface area (Å²) in [4.78, 5) is 21.1. The maximum atomic E-state index is 12.6. The van der Waals surface area contributed by atoms with Crippen LogP contribution in [0.2, 0.25) is 0 Å². The zero-order valence-electron chi connectivity index (χ0n) is 17.8. The fourth-order valence-corrected chi connectivity index (χ4v) is 4.00. The minimum absolute atomic E-state index is 0.103. The van der Waals surface area contributed by atoms with E-state index in [1.807, 2.05) is 23.1 Å². The van der Waals surface area contributed by atoms with Gasteiger partial charge in [-0.25, -0.2) is 0 Å². The SMILES string of the molecule is CCN(CC1CCN(CCc2ccccc2C)CC1)C(=O)C=Cc1ccncc1. The Balaban J connectivity index is 1.43. The predicted molar refractivity (Wildman–Crippen MR) is 120 cm³/mol. The highest BCUT2D eigenvalue weighted by atomic mass is 16.2. The van der Waals surface area contributed by atoms with Crippen LogP contribution in [0.1, 0.15) is 36.5 Å². The van der Waals surface area contributed by atoms with Crippen molar-refractivity contribution < 1.29 is 4.79 Å². The first-order valence-corrected chi connectivity index (χ1v) is 10.8. The van der Waals surface area contributed by atoms with E-state index in [9.17, 15) is 4.79 Å². The molecule has 0 aliphatic carbocycles. The van der Waals surface area contributed by atoms with Gasteiger partial charge in [0.2, 0.25) is 5.91 Å². The van der Waals surface area contributed by atoms with E-state index in [4.69, 9.17) is 0 Å². The molecule has 0 spiro atoms. The molecule has 0 saturated carbocycles. The number of benzene rings is 1. The number of aryl methyl sites for hydroxylation is 1. The molecule has 0 N–H and O–H groups in total. The van der Waals surface area contributed by atoms with Gasteiger partial charge in [0, 0.05) is 38.1 Å². The maximum Gasteiger partial charge on any atom is 0.246 e. The van der Waals surface area contributed by atoms with E-state index < -0.39 is 0 Å². The summed E-state index contributed by atoms with van der Waals surface area (Å²) < 4.78 is 0. The minimum Gasteiger partial charge on any atom is -0.339 e. The Kier molecular flexibility index (Phi) is 8.00. The van der Waals surface area contributed by atoms with Gasteiger partial charge in [-0.1, -0.05) is 24.3 Å². The van der Waals surface area contributed by atoms with Crippen LogP contribution in [0.15, 0.2) is 54.9 Å². The van der Waals surface area contributed by atoms with Crippen molar-refractivity contribution in [1.82, 2.24) is 14.8 Å². The van der Waals surface area contributed by atoms with Crippen molar-refractivity contribution in [3.63, 3.8) is 0 Å². The van der Waals surface area contributed by atoms with Crippen LogP contribution >= 0.6 is 0 Å². The van der Waals surface area contributed by atoms with Gasteiger partial charge in [-0.2, -0.15) is 0 Å². The normalized spacial score (nSPS) is 15.7. The van der Waals surface area contributed by atoms with E-state index in [2.05, 4.69) is 48.0 Å². The van der Waals surface area contributed by atoms with Gasteiger partial charge in [0.25, 0.3) is 0 Å². The number of aromatic nitrogens is 1. The van der Waals surface area contributed by atoms with Crippen molar-refractivity contribution in [2.24, 2.45) is 5.92 Å². The van der Waals surface area contributed by atoms with Crippen molar-refractivity contribution in [2.75, 3.05) is 32.7 Å². The van der Waals surface area contributed by atoms with Crippen LogP contribution in [0.25, 0.3) is 6.08 Å². The van der Waals surface area contributed by atoms with Gasteiger partial charge in [0.05, 0.1) is 0 Å². The first-order valence-electron chi connectivity index (χ1n) is 10.8. The van der Waals surface area contributed by atoms with Crippen molar-refractivity contribution in [1.29, 1.82) is 0 Å². The summed E-state index contributed by atoms with van der Waals surface area (Å²) in [5.74, 6) is 0.703. The molecule has 0 atom stereocenters. The van der Waals surface area contributed by atoms with E-state index in [0.717, 1.165) is 44.7 Å². The van der Waals surface area contributed by atoms with Crippen LogP contribution in [0, 0.1) is 12.8 Å². The van der Waals surface area contributed by atoms with Crippen molar-refractivity contribution >= 4 is 12.0 Å². The number of carbonyl (C=O) groups is 1. The summed E-state index contributed by atoms with van der Waals surface area (Å²) in [6, 6.07) is 12.5. The third kappa shape index (κ3) is 6.53. The van der Waals surface area contributed by atoms with Crippen LogP contribution in [0.5, 0.6) is 0 Å². The molecule has 0 bridgehead atoms. The lowest BCUT2D eigenvalue weighted by molar-refractivity contribution is -0.126. The van der Waals surface area contributed by atoms with Crippen LogP contribution < -0.4 is 0 Å². The Morgan fingerprint density at radius 3 is 2.59 bits per heavy atom. The number of hydrogen-bond donors (Lipinski definition) is 0. The molecule has 1 aliphatic heterocycles. The molecule has 4 nitrogen and oxygen atoms in total. The first kappa shape index (κ1) is 21.3. The van der Waals surface area contributed by atoms with Gasteiger partial charge in [0.1, 0.15) is 0 Å². The first-order chi connectivity index (χ1) is 14.2. The molecule has 0 radical (unpaired) electrons. The quantitative estimate of drug-likeness (QED) is 0.633. The lowest BCUT2D eigenvalue weighted by Crippen LogP contribution is -2.41. The van der Waals surface area contributed by atoms with Gasteiger partial charge in [-0.3, -0.25) is 9.78 Å². The average Bonchev–Trinajstić information content (AvgIpc) is 2.77. The second kappa shape index (κ2) is 10.9. The molecule has 2 heterocycles. The number of rotatable bonds is 8. The highest BCUT2D eigenvalue weighted by Crippen LogP contribution is 2.19. The number of likely N-dealkylation sites (N-methyl/N-ethyl adjacent to an activating group) is 1. The Morgan fingerprint density at radius 2 is 1.90 bits per heavy atom. The molecule has 1 saturated heterocycles. The third-order valence-corrected chi connectivity index (χ3v) is 5.96. The molecule has 1 fully saturated rings. The summed E-state index contributed by atoms with van der Waals surface area (Å²) >= 11 is 0. The van der Waals surface area contributed by atoms with E-state index in [1.165, 1.54) is 24.0 Å². The number of likely N-dealkylation sites (tertiary alicyclic amines) is 1. The second-order valence-corrected chi connectivity index (χ2v) is 7.95. The van der Waals surface area contributed by atoms with Gasteiger partial charge >= 0.3 is 0 Å². The topological polar surface area (TPSA) is 36.4 Å². The summed E-state index contributed by atoms with van der Waals surface area (Å²) in [7, 11) is 0. The van der Waals surface area contributed by atoms with E-state index in [-0.39, 0.29) is 5.91 Å². The van der Waals surface area contributed by atoms with Gasteiger partial charge in [-0.15, -0.1) is 0 Å². The van der Waals surface area contributed by atoms with Crippen LogP contribution in [-0.4, -0.2) is 53.4 Å². The molecule has 1 amide bonds. The van der Waals surface area contributed by atoms with E-state index in [0.29, 0.717) is 5.92 Å². The number of piperidine rings is 1. The summed E-state index contributed by atoms with van der Waals surface area (Å²) in [5, 5.41) is 0. The van der Waals surface area contributed by atoms with Crippen molar-refractivity contribution in [3.05, 3.63) is 71.6 Å². The Labute approximate surface area is 175 Å². The zero-order chi connectivity index (χ0) is 20.5. The lowest BCUT2D eigenvalue weighted by Gasteiger charge is -2.34. The van der Waals surface area contributed by atoms with Gasteiger partial charge in [-0.05, 0) is 87.0 Å². The van der Waals surface area contributed by atoms with Gasteiger partial charge in [0.15, 0.2) is 0 Å². The van der Waals surface area contributed by atoms with E-state index >= 15 is 0 Å². The van der Waals surface area contributed by atoms with Crippen LogP contribution in [-0.2, 0) is 11.2 Å². The highest BCUT2D eigenvalue weighted by Gasteiger charge is 2.22. The monoisotopic (exact) mass is 391 g/mol. The van der Waals surface area contributed by atoms with Crippen LogP contribution in [0.4, 0.5) is 0 Å². The fourth-order valence-electron chi connectivity index (χ4n) is 4.00. The standard InChI is InChI=1S/C25H33N3O/c1-3-28(25(29)9-8-22-10-15-26-16-11-22)20-23-12-17-27(18-13-23)19-14-24-7-5-4-6-21(24)2/h4-11,15-16,23H,3,12-14,17-20H2,1-2H3. The molecular weight excluding hydrogens is 358 g/mol. The van der Waals surface area contributed by atoms with Gasteiger partial charge < -0.3 is 9.80 Å². The number of hydrogen-bond acceptors (Lipinski definition) is 3. The number of carbonyl (C=O) groups excluding carboxylic acids is 1. The smallest absolute Gasteiger partial charge is 0.246 e.